The number of hydrogen-bond acceptors (Lipinski definition) is 3. The first-order valence-corrected chi connectivity index (χ1v) is 11.3. The minimum Gasteiger partial charge on any atom is -0.322 e. The molecule has 3 rings (SSSR count). The van der Waals surface area contributed by atoms with Gasteiger partial charge in [-0.15, -0.1) is 0 Å². The molecule has 0 saturated carbocycles. The second-order valence-corrected chi connectivity index (χ2v) is 9.85. The fourth-order valence-corrected chi connectivity index (χ4v) is 5.52. The predicted octanol–water partition coefficient (Wildman–Crippen LogP) is 4.31. The van der Waals surface area contributed by atoms with Crippen molar-refractivity contribution < 1.29 is 17.6 Å². The highest BCUT2D eigenvalue weighted by atomic mass is 32.2. The highest BCUT2D eigenvalue weighted by molar-refractivity contribution is 7.89. The maximum absolute atomic E-state index is 14.3. The van der Waals surface area contributed by atoms with Crippen molar-refractivity contribution in [3.8, 4) is 0 Å². The SMILES string of the molecule is CCc1ccc(NC(=O)c2cc(S(=O)(=O)N3C[C@H](C)C[C@H](C)C3)ccc2F)cc1. The Kier molecular flexibility index (Phi) is 6.39. The Hall–Kier alpha value is -2.25. The molecule has 5 nitrogen and oxygen atoms in total. The van der Waals surface area contributed by atoms with E-state index < -0.39 is 21.7 Å². The van der Waals surface area contributed by atoms with Gasteiger partial charge in [-0.25, -0.2) is 12.8 Å². The van der Waals surface area contributed by atoms with Gasteiger partial charge in [-0.2, -0.15) is 4.31 Å². The summed E-state index contributed by atoms with van der Waals surface area (Å²) in [5.41, 5.74) is 1.36. The number of nitrogens with one attached hydrogen (secondary N) is 1. The topological polar surface area (TPSA) is 66.5 Å². The van der Waals surface area contributed by atoms with Crippen LogP contribution in [0.15, 0.2) is 47.4 Å². The summed E-state index contributed by atoms with van der Waals surface area (Å²) in [5.74, 6) is -0.929. The van der Waals surface area contributed by atoms with Crippen LogP contribution in [0.25, 0.3) is 0 Å². The molecule has 156 valence electrons. The Balaban J connectivity index is 1.85. The number of carbonyl (C=O) groups is 1. The molecule has 2 atom stereocenters. The third kappa shape index (κ3) is 4.85. The first-order valence-electron chi connectivity index (χ1n) is 9.90. The fourth-order valence-electron chi connectivity index (χ4n) is 3.81. The molecule has 1 aliphatic rings. The predicted molar refractivity (Wildman–Crippen MR) is 112 cm³/mol. The van der Waals surface area contributed by atoms with Crippen LogP contribution in [0.1, 0.15) is 43.1 Å². The molecule has 1 fully saturated rings. The number of halogens is 1. The van der Waals surface area contributed by atoms with Gasteiger partial charge in [0.25, 0.3) is 5.91 Å². The Morgan fingerprint density at radius 3 is 2.31 bits per heavy atom. The number of anilines is 1. The van der Waals surface area contributed by atoms with E-state index in [2.05, 4.69) is 5.32 Å². The van der Waals surface area contributed by atoms with Crippen molar-refractivity contribution in [3.63, 3.8) is 0 Å². The third-order valence-electron chi connectivity index (χ3n) is 5.28. The molecule has 0 aliphatic carbocycles. The smallest absolute Gasteiger partial charge is 0.258 e. The normalized spacial score (nSPS) is 20.4. The van der Waals surface area contributed by atoms with Gasteiger partial charge in [0, 0.05) is 18.8 Å². The van der Waals surface area contributed by atoms with Gasteiger partial charge in [0.1, 0.15) is 5.82 Å². The Labute approximate surface area is 172 Å². The summed E-state index contributed by atoms with van der Waals surface area (Å²) in [6.45, 7) is 6.92. The fraction of sp³-hybridized carbons (Fsp3) is 0.409. The monoisotopic (exact) mass is 418 g/mol. The van der Waals surface area contributed by atoms with Gasteiger partial charge in [0.2, 0.25) is 10.0 Å². The summed E-state index contributed by atoms with van der Waals surface area (Å²) in [5, 5.41) is 2.64. The molecule has 1 N–H and O–H groups in total. The van der Waals surface area contributed by atoms with E-state index in [-0.39, 0.29) is 22.3 Å². The Morgan fingerprint density at radius 2 is 1.72 bits per heavy atom. The first-order chi connectivity index (χ1) is 13.7. The quantitative estimate of drug-likeness (QED) is 0.787. The van der Waals surface area contributed by atoms with Crippen LogP contribution in [0.2, 0.25) is 0 Å². The number of sulfonamides is 1. The van der Waals surface area contributed by atoms with Crippen molar-refractivity contribution in [2.45, 2.75) is 38.5 Å². The van der Waals surface area contributed by atoms with E-state index >= 15 is 0 Å². The third-order valence-corrected chi connectivity index (χ3v) is 7.10. The van der Waals surface area contributed by atoms with Crippen LogP contribution in [0.5, 0.6) is 0 Å². The maximum Gasteiger partial charge on any atom is 0.258 e. The molecule has 0 unspecified atom stereocenters. The molecule has 2 aromatic carbocycles. The molecule has 0 bridgehead atoms. The van der Waals surface area contributed by atoms with Gasteiger partial charge in [-0.3, -0.25) is 4.79 Å². The van der Waals surface area contributed by atoms with E-state index in [9.17, 15) is 17.6 Å². The zero-order chi connectivity index (χ0) is 21.2. The van der Waals surface area contributed by atoms with Crippen LogP contribution >= 0.6 is 0 Å². The second-order valence-electron chi connectivity index (χ2n) is 7.91. The summed E-state index contributed by atoms with van der Waals surface area (Å²) in [6, 6.07) is 10.6. The second kappa shape index (κ2) is 8.63. The molecule has 7 heteroatoms. The zero-order valence-corrected chi connectivity index (χ0v) is 17.8. The van der Waals surface area contributed by atoms with Gasteiger partial charge >= 0.3 is 0 Å². The summed E-state index contributed by atoms with van der Waals surface area (Å²) < 4.78 is 41.9. The van der Waals surface area contributed by atoms with Crippen LogP contribution in [-0.4, -0.2) is 31.7 Å². The number of carbonyl (C=O) groups excluding carboxylic acids is 1. The summed E-state index contributed by atoms with van der Waals surface area (Å²) in [7, 11) is -3.80. The summed E-state index contributed by atoms with van der Waals surface area (Å²) >= 11 is 0. The minimum atomic E-state index is -3.80. The highest BCUT2D eigenvalue weighted by Crippen LogP contribution is 2.27. The van der Waals surface area contributed by atoms with Gasteiger partial charge in [0.15, 0.2) is 0 Å². The largest absolute Gasteiger partial charge is 0.322 e. The van der Waals surface area contributed by atoms with E-state index in [0.29, 0.717) is 18.8 Å². The van der Waals surface area contributed by atoms with E-state index in [1.54, 1.807) is 12.1 Å². The number of amides is 1. The molecule has 29 heavy (non-hydrogen) atoms. The van der Waals surface area contributed by atoms with Crippen molar-refractivity contribution in [2.24, 2.45) is 11.8 Å². The highest BCUT2D eigenvalue weighted by Gasteiger charge is 2.32. The van der Waals surface area contributed by atoms with Crippen LogP contribution in [-0.2, 0) is 16.4 Å². The van der Waals surface area contributed by atoms with E-state index in [1.165, 1.54) is 10.4 Å². The van der Waals surface area contributed by atoms with Crippen molar-refractivity contribution in [1.29, 1.82) is 0 Å². The minimum absolute atomic E-state index is 0.0633. The molecule has 0 aromatic heterocycles. The standard InChI is InChI=1S/C22H27FN2O3S/c1-4-17-5-7-18(8-6-17)24-22(26)20-12-19(9-10-21(20)23)29(27,28)25-13-15(2)11-16(3)14-25/h5-10,12,15-16H,4,11,13-14H2,1-3H3,(H,24,26)/t15-,16+. The lowest BCUT2D eigenvalue weighted by molar-refractivity contribution is 0.102. The van der Waals surface area contributed by atoms with Gasteiger partial charge in [-0.05, 0) is 60.6 Å². The molecule has 2 aromatic rings. The number of piperidine rings is 1. The molecule has 0 spiro atoms. The number of aryl methyl sites for hydroxylation is 1. The summed E-state index contributed by atoms with van der Waals surface area (Å²) in [6.07, 6.45) is 1.84. The molecule has 1 saturated heterocycles. The van der Waals surface area contributed by atoms with Crippen molar-refractivity contribution in [2.75, 3.05) is 18.4 Å². The number of hydrogen-bond donors (Lipinski definition) is 1. The average Bonchev–Trinajstić information content (AvgIpc) is 2.68. The molecule has 1 heterocycles. The van der Waals surface area contributed by atoms with Crippen molar-refractivity contribution >= 4 is 21.6 Å². The van der Waals surface area contributed by atoms with Crippen LogP contribution in [0, 0.1) is 17.7 Å². The van der Waals surface area contributed by atoms with E-state index in [0.717, 1.165) is 30.5 Å². The van der Waals surface area contributed by atoms with Crippen LogP contribution in [0.4, 0.5) is 10.1 Å². The lowest BCUT2D eigenvalue weighted by atomic mass is 9.94. The van der Waals surface area contributed by atoms with E-state index in [4.69, 9.17) is 0 Å². The van der Waals surface area contributed by atoms with Gasteiger partial charge in [0.05, 0.1) is 10.5 Å². The molecule has 1 amide bonds. The summed E-state index contributed by atoms with van der Waals surface area (Å²) in [4.78, 5) is 12.5. The van der Waals surface area contributed by atoms with Crippen LogP contribution < -0.4 is 5.32 Å². The molecular formula is C22H27FN2O3S. The van der Waals surface area contributed by atoms with Crippen LogP contribution in [0.3, 0.4) is 0 Å². The molecule has 0 radical (unpaired) electrons. The zero-order valence-electron chi connectivity index (χ0n) is 17.0. The average molecular weight is 419 g/mol. The van der Waals surface area contributed by atoms with Gasteiger partial charge in [-0.1, -0.05) is 32.9 Å². The lowest BCUT2D eigenvalue weighted by Gasteiger charge is -2.34. The Morgan fingerprint density at radius 1 is 1.10 bits per heavy atom. The first kappa shape index (κ1) is 21.5. The maximum atomic E-state index is 14.3. The number of benzene rings is 2. The number of rotatable bonds is 5. The molecular weight excluding hydrogens is 391 g/mol. The Bertz CT molecular complexity index is 980. The number of nitrogens with zero attached hydrogens (tertiary/aromatic N) is 1. The van der Waals surface area contributed by atoms with E-state index in [1.807, 2.05) is 32.9 Å². The van der Waals surface area contributed by atoms with Crippen molar-refractivity contribution in [1.82, 2.24) is 4.31 Å². The van der Waals surface area contributed by atoms with Crippen molar-refractivity contribution in [3.05, 3.63) is 59.4 Å². The van der Waals surface area contributed by atoms with Gasteiger partial charge < -0.3 is 5.32 Å². The lowest BCUT2D eigenvalue weighted by Crippen LogP contribution is -2.42. The molecule has 1 aliphatic heterocycles.